The Morgan fingerprint density at radius 3 is 1.81 bits per heavy atom. The first-order valence-corrected chi connectivity index (χ1v) is 16.9. The van der Waals surface area contributed by atoms with Gasteiger partial charge in [0.1, 0.15) is 0 Å². The average Bonchev–Trinajstić information content (AvgIpc) is 3.65. The molecule has 0 aromatic heterocycles. The van der Waals surface area contributed by atoms with Gasteiger partial charge in [-0.1, -0.05) is 172 Å². The first-order valence-electron chi connectivity index (χ1n) is 16.9. The van der Waals surface area contributed by atoms with Gasteiger partial charge >= 0.3 is 0 Å². The van der Waals surface area contributed by atoms with Crippen molar-refractivity contribution in [2.45, 2.75) is 52.9 Å². The third-order valence-electron chi connectivity index (χ3n) is 8.15. The van der Waals surface area contributed by atoms with Crippen LogP contribution in [0.2, 0.25) is 0 Å². The van der Waals surface area contributed by atoms with Crippen molar-refractivity contribution in [3.63, 3.8) is 0 Å². The molecule has 7 rings (SSSR count). The number of hydrogen-bond donors (Lipinski definition) is 4. The number of allylic oxidation sites excluding steroid dienone is 3. The molecule has 6 aromatic rings. The van der Waals surface area contributed by atoms with Crippen molar-refractivity contribution in [1.82, 2.24) is 16.2 Å². The molecule has 1 fully saturated rings. The van der Waals surface area contributed by atoms with Gasteiger partial charge in [-0.25, -0.2) is 10.9 Å². The highest BCUT2D eigenvalue weighted by atomic mass is 15.5. The van der Waals surface area contributed by atoms with E-state index in [2.05, 4.69) is 145 Å². The average molecular weight is 635 g/mol. The third kappa shape index (κ3) is 9.76. The van der Waals surface area contributed by atoms with E-state index in [0.717, 1.165) is 18.5 Å². The number of nitrogens with two attached hydrogens (primary N) is 1. The number of aryl methyl sites for hydroxylation is 3. The van der Waals surface area contributed by atoms with Crippen LogP contribution in [0.5, 0.6) is 0 Å². The molecule has 0 spiro atoms. The molecule has 1 saturated heterocycles. The zero-order valence-electron chi connectivity index (χ0n) is 28.8. The summed E-state index contributed by atoms with van der Waals surface area (Å²) >= 11 is 0. The van der Waals surface area contributed by atoms with Crippen LogP contribution in [-0.4, -0.2) is 0 Å². The van der Waals surface area contributed by atoms with Crippen LogP contribution in [0.15, 0.2) is 158 Å². The zero-order valence-corrected chi connectivity index (χ0v) is 28.8. The maximum Gasteiger partial charge on any atom is 0.0978 e. The smallest absolute Gasteiger partial charge is 0.0978 e. The molecule has 0 bridgehead atoms. The lowest BCUT2D eigenvalue weighted by atomic mass is 9.94. The van der Waals surface area contributed by atoms with E-state index in [-0.39, 0.29) is 12.3 Å². The van der Waals surface area contributed by atoms with E-state index in [1.54, 1.807) is 6.08 Å². The van der Waals surface area contributed by atoms with Gasteiger partial charge in [0.15, 0.2) is 0 Å². The molecule has 1 aliphatic rings. The Kier molecular flexibility index (Phi) is 14.2. The zero-order chi connectivity index (χ0) is 34.1. The van der Waals surface area contributed by atoms with E-state index in [1.807, 2.05) is 51.1 Å². The number of hydrogen-bond acceptors (Lipinski definition) is 4. The SMILES string of the molecule is C=C/C=C\C.CC.Cc1ccc2ccc(N)c(CCc3cccc4ccccc34)c2c1.c1ccc(C2NNC(c3ccccc3)N2)cc1. The summed E-state index contributed by atoms with van der Waals surface area (Å²) in [5.74, 6) is 0. The van der Waals surface area contributed by atoms with Crippen molar-refractivity contribution in [3.8, 4) is 0 Å². The molecule has 2 unspecified atom stereocenters. The van der Waals surface area contributed by atoms with Crippen LogP contribution < -0.4 is 21.9 Å². The normalized spacial score (nSPS) is 15.1. The van der Waals surface area contributed by atoms with Gasteiger partial charge in [0.25, 0.3) is 0 Å². The fraction of sp³-hybridized carbons (Fsp3) is 0.182. The number of nitrogen functional groups attached to an aromatic ring is 1. The van der Waals surface area contributed by atoms with Crippen molar-refractivity contribution in [2.75, 3.05) is 5.73 Å². The second kappa shape index (κ2) is 19.0. The maximum absolute atomic E-state index is 6.31. The highest BCUT2D eigenvalue weighted by molar-refractivity contribution is 5.90. The molecular formula is C44H50N4. The van der Waals surface area contributed by atoms with Crippen LogP contribution in [0.4, 0.5) is 5.69 Å². The van der Waals surface area contributed by atoms with Crippen molar-refractivity contribution in [1.29, 1.82) is 0 Å². The van der Waals surface area contributed by atoms with E-state index in [0.29, 0.717) is 0 Å². The second-order valence-electron chi connectivity index (χ2n) is 11.4. The fourth-order valence-corrected chi connectivity index (χ4v) is 5.76. The Morgan fingerprint density at radius 2 is 1.21 bits per heavy atom. The highest BCUT2D eigenvalue weighted by Crippen LogP contribution is 2.28. The third-order valence-corrected chi connectivity index (χ3v) is 8.15. The van der Waals surface area contributed by atoms with Crippen molar-refractivity contribution >= 4 is 27.2 Å². The van der Waals surface area contributed by atoms with Crippen LogP contribution in [-0.2, 0) is 12.8 Å². The molecule has 48 heavy (non-hydrogen) atoms. The van der Waals surface area contributed by atoms with Gasteiger partial charge in [-0.05, 0) is 76.6 Å². The van der Waals surface area contributed by atoms with E-state index < -0.39 is 0 Å². The number of nitrogens with one attached hydrogen (secondary N) is 3. The summed E-state index contributed by atoms with van der Waals surface area (Å²) in [4.78, 5) is 0. The molecular weight excluding hydrogens is 585 g/mol. The lowest BCUT2D eigenvalue weighted by molar-refractivity contribution is 0.554. The van der Waals surface area contributed by atoms with Gasteiger partial charge in [-0.3, -0.25) is 5.32 Å². The molecule has 4 heteroatoms. The van der Waals surface area contributed by atoms with Crippen molar-refractivity contribution in [3.05, 3.63) is 186 Å². The standard InChI is InChI=1S/C23H21N.C14H15N3.C5H8.C2H6/c1-16-9-10-19-12-14-23(24)21(22(19)15-16)13-11-18-7-4-6-17-5-2-3-8-20(17)18;1-3-7-11(8-4-1)13-15-14(17-16-13)12-9-5-2-6-10-12;1-3-5-4-2;1-2/h2-10,12,14-15H,11,13,24H2,1H3;1-10,13-17H;3-5H,1H2,2H3;1-2H3/b;;5-4-;. The Bertz CT molecular complexity index is 1820. The molecule has 1 heterocycles. The fourth-order valence-electron chi connectivity index (χ4n) is 5.76. The van der Waals surface area contributed by atoms with Gasteiger partial charge in [0.05, 0.1) is 12.3 Å². The summed E-state index contributed by atoms with van der Waals surface area (Å²) in [5, 5.41) is 8.70. The van der Waals surface area contributed by atoms with E-state index in [1.165, 1.54) is 49.4 Å². The molecule has 6 aromatic carbocycles. The number of benzene rings is 6. The van der Waals surface area contributed by atoms with E-state index in [4.69, 9.17) is 5.73 Å². The summed E-state index contributed by atoms with van der Waals surface area (Å²) in [6.07, 6.45) is 7.84. The summed E-state index contributed by atoms with van der Waals surface area (Å²) in [5.41, 5.74) is 20.1. The summed E-state index contributed by atoms with van der Waals surface area (Å²) in [7, 11) is 0. The molecule has 4 nitrogen and oxygen atoms in total. The van der Waals surface area contributed by atoms with Gasteiger partial charge in [0.2, 0.25) is 0 Å². The van der Waals surface area contributed by atoms with Gasteiger partial charge in [0, 0.05) is 5.69 Å². The second-order valence-corrected chi connectivity index (χ2v) is 11.4. The molecule has 0 radical (unpaired) electrons. The quantitative estimate of drug-likeness (QED) is 0.109. The number of anilines is 1. The highest BCUT2D eigenvalue weighted by Gasteiger charge is 2.24. The van der Waals surface area contributed by atoms with E-state index >= 15 is 0 Å². The lowest BCUT2D eigenvalue weighted by Gasteiger charge is -2.12. The summed E-state index contributed by atoms with van der Waals surface area (Å²) in [6, 6.07) is 46.6. The largest absolute Gasteiger partial charge is 0.398 e. The Balaban J connectivity index is 0.000000189. The van der Waals surface area contributed by atoms with Crippen LogP contribution >= 0.6 is 0 Å². The van der Waals surface area contributed by atoms with Gasteiger partial charge in [-0.2, -0.15) is 0 Å². The number of rotatable bonds is 6. The number of fused-ring (bicyclic) bond motifs is 2. The van der Waals surface area contributed by atoms with Crippen LogP contribution in [0.3, 0.4) is 0 Å². The Morgan fingerprint density at radius 1 is 0.646 bits per heavy atom. The molecule has 0 amide bonds. The minimum Gasteiger partial charge on any atom is -0.398 e. The summed E-state index contributed by atoms with van der Waals surface area (Å²) in [6.45, 7) is 11.6. The first kappa shape index (κ1) is 35.8. The van der Waals surface area contributed by atoms with Gasteiger partial charge < -0.3 is 5.73 Å². The Labute approximate surface area is 287 Å². The van der Waals surface area contributed by atoms with Crippen molar-refractivity contribution in [2.24, 2.45) is 0 Å². The van der Waals surface area contributed by atoms with Gasteiger partial charge in [-0.15, -0.1) is 0 Å². The molecule has 2 atom stereocenters. The molecule has 0 aliphatic carbocycles. The summed E-state index contributed by atoms with van der Waals surface area (Å²) < 4.78 is 0. The van der Waals surface area contributed by atoms with Crippen molar-refractivity contribution < 1.29 is 0 Å². The van der Waals surface area contributed by atoms with Crippen LogP contribution in [0, 0.1) is 6.92 Å². The first-order chi connectivity index (χ1) is 23.6. The minimum atomic E-state index is 0.154. The Hall–Kier alpha value is -5.00. The molecule has 246 valence electrons. The molecule has 1 aliphatic heterocycles. The lowest BCUT2D eigenvalue weighted by Crippen LogP contribution is -2.26. The topological polar surface area (TPSA) is 62.1 Å². The van der Waals surface area contributed by atoms with E-state index in [9.17, 15) is 0 Å². The van der Waals surface area contributed by atoms with Crippen LogP contribution in [0.25, 0.3) is 21.5 Å². The number of hydrazine groups is 1. The molecule has 5 N–H and O–H groups in total. The predicted octanol–water partition coefficient (Wildman–Crippen LogP) is 10.5. The molecule has 0 saturated carbocycles. The monoisotopic (exact) mass is 634 g/mol. The maximum atomic E-state index is 6.31. The minimum absolute atomic E-state index is 0.154. The van der Waals surface area contributed by atoms with Crippen LogP contribution in [0.1, 0.15) is 60.9 Å². The predicted molar refractivity (Wildman–Crippen MR) is 209 cm³/mol.